The molecular weight excluding hydrogens is 214 g/mol. The third-order valence-electron chi connectivity index (χ3n) is 3.26. The fraction of sp³-hybridized carbons (Fsp3) is 0.538. The maximum atomic E-state index is 12.0. The van der Waals surface area contributed by atoms with Gasteiger partial charge in [0.05, 0.1) is 5.92 Å². The molecule has 4 nitrogen and oxygen atoms in total. The Labute approximate surface area is 102 Å². The van der Waals surface area contributed by atoms with Crippen molar-refractivity contribution in [2.45, 2.75) is 39.2 Å². The summed E-state index contributed by atoms with van der Waals surface area (Å²) in [5, 5.41) is 2.87. The summed E-state index contributed by atoms with van der Waals surface area (Å²) in [6, 6.07) is 3.86. The van der Waals surface area contributed by atoms with Gasteiger partial charge < -0.3 is 11.1 Å². The first-order valence-electron chi connectivity index (χ1n) is 6.08. The maximum Gasteiger partial charge on any atom is 0.230 e. The van der Waals surface area contributed by atoms with E-state index in [1.54, 1.807) is 0 Å². The minimum Gasteiger partial charge on any atom is -0.327 e. The molecule has 2 rings (SSSR count). The summed E-state index contributed by atoms with van der Waals surface area (Å²) in [6.07, 6.45) is 2.87. The number of hydrogen-bond donors (Lipinski definition) is 2. The van der Waals surface area contributed by atoms with Crippen molar-refractivity contribution in [1.82, 2.24) is 4.98 Å². The molecule has 0 radical (unpaired) electrons. The number of nitrogens with two attached hydrogens (primary N) is 1. The Morgan fingerprint density at radius 2 is 2.18 bits per heavy atom. The molecule has 17 heavy (non-hydrogen) atoms. The van der Waals surface area contributed by atoms with Gasteiger partial charge in [0, 0.05) is 11.7 Å². The second-order valence-corrected chi connectivity index (χ2v) is 4.86. The van der Waals surface area contributed by atoms with E-state index in [4.69, 9.17) is 5.73 Å². The van der Waals surface area contributed by atoms with Crippen LogP contribution in [0.1, 0.15) is 30.5 Å². The number of pyridine rings is 1. The van der Waals surface area contributed by atoms with Crippen LogP contribution in [0.15, 0.2) is 12.1 Å². The second-order valence-electron chi connectivity index (χ2n) is 4.86. The SMILES string of the molecule is Cc1cc(C)nc(NC(=O)C2CCCC2N)c1. The molecule has 0 saturated heterocycles. The van der Waals surface area contributed by atoms with E-state index >= 15 is 0 Å². The maximum absolute atomic E-state index is 12.0. The van der Waals surface area contributed by atoms with Gasteiger partial charge >= 0.3 is 0 Å². The third kappa shape index (κ3) is 2.82. The number of nitrogens with one attached hydrogen (secondary N) is 1. The van der Waals surface area contributed by atoms with Crippen LogP contribution < -0.4 is 11.1 Å². The minimum atomic E-state index is -0.0578. The lowest BCUT2D eigenvalue weighted by Crippen LogP contribution is -2.34. The number of aryl methyl sites for hydroxylation is 2. The number of carbonyl (C=O) groups is 1. The Morgan fingerprint density at radius 1 is 1.41 bits per heavy atom. The van der Waals surface area contributed by atoms with Gasteiger partial charge in [0.15, 0.2) is 0 Å². The van der Waals surface area contributed by atoms with E-state index in [9.17, 15) is 4.79 Å². The molecular formula is C13H19N3O. The molecule has 1 saturated carbocycles. The molecule has 92 valence electrons. The van der Waals surface area contributed by atoms with Crippen LogP contribution >= 0.6 is 0 Å². The fourth-order valence-corrected chi connectivity index (χ4v) is 2.44. The Bertz CT molecular complexity index is 410. The number of hydrogen-bond acceptors (Lipinski definition) is 3. The number of amides is 1. The number of nitrogens with zero attached hydrogens (tertiary/aromatic N) is 1. The number of anilines is 1. The van der Waals surface area contributed by atoms with E-state index in [2.05, 4.69) is 10.3 Å². The predicted octanol–water partition coefficient (Wildman–Crippen LogP) is 1.76. The Balaban J connectivity index is 2.07. The highest BCUT2D eigenvalue weighted by Gasteiger charge is 2.30. The highest BCUT2D eigenvalue weighted by molar-refractivity contribution is 5.92. The Morgan fingerprint density at radius 3 is 2.76 bits per heavy atom. The highest BCUT2D eigenvalue weighted by atomic mass is 16.2. The predicted molar refractivity (Wildman–Crippen MR) is 67.7 cm³/mol. The molecule has 1 aliphatic carbocycles. The quantitative estimate of drug-likeness (QED) is 0.818. The molecule has 1 aliphatic rings. The highest BCUT2D eigenvalue weighted by Crippen LogP contribution is 2.25. The zero-order valence-corrected chi connectivity index (χ0v) is 10.4. The first kappa shape index (κ1) is 12.0. The normalized spacial score (nSPS) is 23.7. The summed E-state index contributed by atoms with van der Waals surface area (Å²) in [7, 11) is 0. The van der Waals surface area contributed by atoms with Crippen molar-refractivity contribution in [3.05, 3.63) is 23.4 Å². The third-order valence-corrected chi connectivity index (χ3v) is 3.26. The monoisotopic (exact) mass is 233 g/mol. The van der Waals surface area contributed by atoms with Crippen LogP contribution in [0.25, 0.3) is 0 Å². The zero-order chi connectivity index (χ0) is 12.4. The lowest BCUT2D eigenvalue weighted by molar-refractivity contribution is -0.120. The van der Waals surface area contributed by atoms with Gasteiger partial charge in [-0.05, 0) is 44.4 Å². The molecule has 3 N–H and O–H groups in total. The molecule has 2 atom stereocenters. The van der Waals surface area contributed by atoms with Crippen LogP contribution in [0.2, 0.25) is 0 Å². The largest absolute Gasteiger partial charge is 0.327 e. The van der Waals surface area contributed by atoms with E-state index in [0.29, 0.717) is 5.82 Å². The average molecular weight is 233 g/mol. The molecule has 1 amide bonds. The summed E-state index contributed by atoms with van der Waals surface area (Å²) in [4.78, 5) is 16.3. The summed E-state index contributed by atoms with van der Waals surface area (Å²) in [5.74, 6) is 0.580. The van der Waals surface area contributed by atoms with Gasteiger partial charge in [0.25, 0.3) is 0 Å². The molecule has 4 heteroatoms. The molecule has 1 fully saturated rings. The fourth-order valence-electron chi connectivity index (χ4n) is 2.44. The lowest BCUT2D eigenvalue weighted by Gasteiger charge is -2.15. The topological polar surface area (TPSA) is 68.0 Å². The van der Waals surface area contributed by atoms with Crippen LogP contribution in [0.5, 0.6) is 0 Å². The van der Waals surface area contributed by atoms with Crippen LogP contribution in [0.4, 0.5) is 5.82 Å². The number of aromatic nitrogens is 1. The summed E-state index contributed by atoms with van der Waals surface area (Å²) in [5.41, 5.74) is 7.93. The summed E-state index contributed by atoms with van der Waals surface area (Å²) >= 11 is 0. The average Bonchev–Trinajstić information content (AvgIpc) is 2.62. The van der Waals surface area contributed by atoms with Crippen LogP contribution in [0, 0.1) is 19.8 Å². The van der Waals surface area contributed by atoms with Crippen LogP contribution in [-0.2, 0) is 4.79 Å². The first-order chi connectivity index (χ1) is 8.06. The Hall–Kier alpha value is -1.42. The van der Waals surface area contributed by atoms with E-state index in [1.807, 2.05) is 26.0 Å². The van der Waals surface area contributed by atoms with E-state index in [0.717, 1.165) is 30.5 Å². The summed E-state index contributed by atoms with van der Waals surface area (Å²) < 4.78 is 0. The van der Waals surface area contributed by atoms with Crippen molar-refractivity contribution in [2.24, 2.45) is 11.7 Å². The smallest absolute Gasteiger partial charge is 0.230 e. The van der Waals surface area contributed by atoms with Crippen LogP contribution in [-0.4, -0.2) is 16.9 Å². The molecule has 0 bridgehead atoms. The van der Waals surface area contributed by atoms with Crippen molar-refractivity contribution in [3.8, 4) is 0 Å². The van der Waals surface area contributed by atoms with Crippen molar-refractivity contribution < 1.29 is 4.79 Å². The zero-order valence-electron chi connectivity index (χ0n) is 10.4. The van der Waals surface area contributed by atoms with Crippen molar-refractivity contribution in [2.75, 3.05) is 5.32 Å². The van der Waals surface area contributed by atoms with Crippen molar-refractivity contribution in [1.29, 1.82) is 0 Å². The molecule has 2 unspecified atom stereocenters. The molecule has 1 aromatic heterocycles. The van der Waals surface area contributed by atoms with Gasteiger partial charge in [0.1, 0.15) is 5.82 Å². The van der Waals surface area contributed by atoms with Gasteiger partial charge in [-0.1, -0.05) is 6.42 Å². The van der Waals surface area contributed by atoms with E-state index in [-0.39, 0.29) is 17.9 Å². The molecule has 0 aromatic carbocycles. The van der Waals surface area contributed by atoms with E-state index in [1.165, 1.54) is 0 Å². The minimum absolute atomic E-state index is 0.000839. The van der Waals surface area contributed by atoms with E-state index < -0.39 is 0 Å². The van der Waals surface area contributed by atoms with Gasteiger partial charge in [-0.15, -0.1) is 0 Å². The van der Waals surface area contributed by atoms with Gasteiger partial charge in [-0.3, -0.25) is 4.79 Å². The Kier molecular flexibility index (Phi) is 3.43. The van der Waals surface area contributed by atoms with Gasteiger partial charge in [0.2, 0.25) is 5.91 Å². The van der Waals surface area contributed by atoms with Crippen molar-refractivity contribution in [3.63, 3.8) is 0 Å². The standard InChI is InChI=1S/C13H19N3O/c1-8-6-9(2)15-12(7-8)16-13(17)10-4-3-5-11(10)14/h6-7,10-11H,3-5,14H2,1-2H3,(H,15,16,17). The molecule has 0 spiro atoms. The summed E-state index contributed by atoms with van der Waals surface area (Å²) in [6.45, 7) is 3.91. The number of rotatable bonds is 2. The molecule has 1 aromatic rings. The van der Waals surface area contributed by atoms with Crippen molar-refractivity contribution >= 4 is 11.7 Å². The number of carbonyl (C=O) groups excluding carboxylic acids is 1. The van der Waals surface area contributed by atoms with Gasteiger partial charge in [-0.2, -0.15) is 0 Å². The lowest BCUT2D eigenvalue weighted by atomic mass is 10.0. The molecule has 1 heterocycles. The van der Waals surface area contributed by atoms with Crippen LogP contribution in [0.3, 0.4) is 0 Å². The first-order valence-corrected chi connectivity index (χ1v) is 6.08. The van der Waals surface area contributed by atoms with Gasteiger partial charge in [-0.25, -0.2) is 4.98 Å². The second kappa shape index (κ2) is 4.84. The molecule has 0 aliphatic heterocycles.